The van der Waals surface area contributed by atoms with E-state index >= 15 is 0 Å². The van der Waals surface area contributed by atoms with Crippen LogP contribution in [-0.4, -0.2) is 26.4 Å². The normalized spacial score (nSPS) is 11.0. The van der Waals surface area contributed by atoms with Gasteiger partial charge in [0.2, 0.25) is 11.7 Å². The number of nitrogens with one attached hydrogen (secondary N) is 1. The van der Waals surface area contributed by atoms with Gasteiger partial charge >= 0.3 is 0 Å². The molecule has 0 aliphatic carbocycles. The van der Waals surface area contributed by atoms with E-state index < -0.39 is 0 Å². The Morgan fingerprint density at radius 2 is 1.71 bits per heavy atom. The van der Waals surface area contributed by atoms with Crippen LogP contribution in [0.2, 0.25) is 0 Å². The van der Waals surface area contributed by atoms with E-state index in [1.165, 1.54) is 11.8 Å². The van der Waals surface area contributed by atoms with Crippen molar-refractivity contribution in [2.24, 2.45) is 0 Å². The van der Waals surface area contributed by atoms with Crippen LogP contribution < -0.4 is 5.32 Å². The predicted molar refractivity (Wildman–Crippen MR) is 122 cm³/mol. The minimum atomic E-state index is -0.108. The van der Waals surface area contributed by atoms with Crippen molar-refractivity contribution in [2.45, 2.75) is 5.16 Å². The molecule has 0 atom stereocenters. The lowest BCUT2D eigenvalue weighted by Crippen LogP contribution is -2.14. The molecule has 0 aliphatic heterocycles. The Balaban J connectivity index is 1.38. The van der Waals surface area contributed by atoms with Crippen molar-refractivity contribution in [2.75, 3.05) is 11.1 Å². The highest BCUT2D eigenvalue weighted by molar-refractivity contribution is 7.99. The van der Waals surface area contributed by atoms with E-state index in [-0.39, 0.29) is 11.7 Å². The van der Waals surface area contributed by atoms with Crippen molar-refractivity contribution in [3.8, 4) is 17.3 Å². The van der Waals surface area contributed by atoms with Gasteiger partial charge in [-0.3, -0.25) is 9.36 Å². The zero-order valence-corrected chi connectivity index (χ0v) is 17.3. The maximum atomic E-state index is 12.7. The third kappa shape index (κ3) is 3.95. The van der Waals surface area contributed by atoms with E-state index in [2.05, 4.69) is 15.5 Å². The number of thioether (sulfide) groups is 1. The molecule has 31 heavy (non-hydrogen) atoms. The molecule has 0 unspecified atom stereocenters. The maximum absolute atomic E-state index is 12.7. The Labute approximate surface area is 182 Å². The number of nitrogens with zero attached hydrogens (tertiary/aromatic N) is 3. The standard InChI is InChI=1S/C24H18N4O2S/c29-22(25-20-13-6-9-17-8-4-5-12-19(17)20)16-31-24-27-26-23(21-14-7-15-30-21)28(24)18-10-2-1-3-11-18/h1-15H,16H2,(H,25,29). The van der Waals surface area contributed by atoms with Gasteiger partial charge in [-0.2, -0.15) is 0 Å². The summed E-state index contributed by atoms with van der Waals surface area (Å²) in [6.07, 6.45) is 1.60. The van der Waals surface area contributed by atoms with E-state index in [1.807, 2.05) is 89.5 Å². The third-order valence-electron chi connectivity index (χ3n) is 4.79. The lowest BCUT2D eigenvalue weighted by molar-refractivity contribution is -0.113. The number of carbonyl (C=O) groups is 1. The highest BCUT2D eigenvalue weighted by Gasteiger charge is 2.19. The fraction of sp³-hybridized carbons (Fsp3) is 0.0417. The SMILES string of the molecule is O=C(CSc1nnc(-c2ccco2)n1-c1ccccc1)Nc1cccc2ccccc12. The molecule has 152 valence electrons. The number of para-hydroxylation sites is 1. The summed E-state index contributed by atoms with van der Waals surface area (Å²) >= 11 is 1.33. The number of carbonyl (C=O) groups excluding carboxylic acids is 1. The van der Waals surface area contributed by atoms with Gasteiger partial charge in [0.25, 0.3) is 0 Å². The van der Waals surface area contributed by atoms with Crippen molar-refractivity contribution in [1.29, 1.82) is 0 Å². The first-order valence-corrected chi connectivity index (χ1v) is 10.7. The van der Waals surface area contributed by atoms with E-state index in [0.717, 1.165) is 22.1 Å². The molecule has 0 fully saturated rings. The Bertz CT molecular complexity index is 1330. The Kier molecular flexibility index (Phi) is 5.24. The Morgan fingerprint density at radius 1 is 0.903 bits per heavy atom. The van der Waals surface area contributed by atoms with Gasteiger partial charge in [-0.05, 0) is 35.7 Å². The van der Waals surface area contributed by atoms with Crippen LogP contribution >= 0.6 is 11.8 Å². The molecule has 1 amide bonds. The third-order valence-corrected chi connectivity index (χ3v) is 5.71. The quantitative estimate of drug-likeness (QED) is 0.368. The second-order valence-electron chi connectivity index (χ2n) is 6.82. The van der Waals surface area contributed by atoms with E-state index in [9.17, 15) is 4.79 Å². The van der Waals surface area contributed by atoms with Crippen LogP contribution in [0.3, 0.4) is 0 Å². The van der Waals surface area contributed by atoms with Crippen LogP contribution in [0, 0.1) is 0 Å². The summed E-state index contributed by atoms with van der Waals surface area (Å²) in [5.74, 6) is 1.30. The second-order valence-corrected chi connectivity index (χ2v) is 7.76. The number of benzene rings is 3. The lowest BCUT2D eigenvalue weighted by atomic mass is 10.1. The summed E-state index contributed by atoms with van der Waals surface area (Å²) in [6.45, 7) is 0. The molecule has 0 saturated heterocycles. The summed E-state index contributed by atoms with van der Waals surface area (Å²) in [6, 6.07) is 27.3. The van der Waals surface area contributed by atoms with Gasteiger partial charge in [0.15, 0.2) is 10.9 Å². The van der Waals surface area contributed by atoms with Crippen molar-refractivity contribution < 1.29 is 9.21 Å². The van der Waals surface area contributed by atoms with E-state index in [1.54, 1.807) is 6.26 Å². The Morgan fingerprint density at radius 3 is 2.55 bits per heavy atom. The number of amides is 1. The van der Waals surface area contributed by atoms with Crippen molar-refractivity contribution in [3.05, 3.63) is 91.2 Å². The van der Waals surface area contributed by atoms with E-state index in [0.29, 0.717) is 16.7 Å². The zero-order valence-electron chi connectivity index (χ0n) is 16.4. The average Bonchev–Trinajstić information content (AvgIpc) is 3.48. The van der Waals surface area contributed by atoms with Gasteiger partial charge < -0.3 is 9.73 Å². The summed E-state index contributed by atoms with van der Waals surface area (Å²) in [5, 5.41) is 14.3. The van der Waals surface area contributed by atoms with Crippen molar-refractivity contribution in [1.82, 2.24) is 14.8 Å². The van der Waals surface area contributed by atoms with Crippen LogP contribution in [0.4, 0.5) is 5.69 Å². The number of hydrogen-bond donors (Lipinski definition) is 1. The predicted octanol–water partition coefficient (Wildman–Crippen LogP) is 5.41. The molecule has 0 radical (unpaired) electrons. The molecule has 5 aromatic rings. The van der Waals surface area contributed by atoms with Crippen LogP contribution in [0.15, 0.2) is 101 Å². The lowest BCUT2D eigenvalue weighted by Gasteiger charge is -2.10. The monoisotopic (exact) mass is 426 g/mol. The van der Waals surface area contributed by atoms with Gasteiger partial charge in [-0.1, -0.05) is 66.4 Å². The van der Waals surface area contributed by atoms with E-state index in [4.69, 9.17) is 4.42 Å². The Hall–Kier alpha value is -3.84. The molecular formula is C24H18N4O2S. The number of anilines is 1. The first kappa shape index (κ1) is 19.1. The van der Waals surface area contributed by atoms with Crippen LogP contribution in [0.1, 0.15) is 0 Å². The number of fused-ring (bicyclic) bond motifs is 1. The van der Waals surface area contributed by atoms with Gasteiger partial charge in [-0.25, -0.2) is 0 Å². The first-order chi connectivity index (χ1) is 15.3. The smallest absolute Gasteiger partial charge is 0.234 e. The van der Waals surface area contributed by atoms with Gasteiger partial charge in [0.05, 0.1) is 12.0 Å². The topological polar surface area (TPSA) is 73.0 Å². The molecule has 2 heterocycles. The summed E-state index contributed by atoms with van der Waals surface area (Å²) < 4.78 is 7.43. The summed E-state index contributed by atoms with van der Waals surface area (Å²) in [7, 11) is 0. The van der Waals surface area contributed by atoms with Gasteiger partial charge in [0.1, 0.15) is 0 Å². The van der Waals surface area contributed by atoms with Gasteiger partial charge in [-0.15, -0.1) is 10.2 Å². The summed E-state index contributed by atoms with van der Waals surface area (Å²) in [5.41, 5.74) is 1.69. The molecule has 1 N–H and O–H groups in total. The molecule has 0 saturated carbocycles. The first-order valence-electron chi connectivity index (χ1n) is 9.75. The molecule has 0 spiro atoms. The molecule has 5 rings (SSSR count). The fourth-order valence-electron chi connectivity index (χ4n) is 3.39. The van der Waals surface area contributed by atoms with Gasteiger partial charge in [0, 0.05) is 16.8 Å². The van der Waals surface area contributed by atoms with Crippen molar-refractivity contribution in [3.63, 3.8) is 0 Å². The van der Waals surface area contributed by atoms with Crippen LogP contribution in [0.5, 0.6) is 0 Å². The largest absolute Gasteiger partial charge is 0.461 e. The molecule has 0 aliphatic rings. The molecule has 7 heteroatoms. The summed E-state index contributed by atoms with van der Waals surface area (Å²) in [4.78, 5) is 12.7. The molecule has 0 bridgehead atoms. The molecule has 6 nitrogen and oxygen atoms in total. The second kappa shape index (κ2) is 8.49. The molecular weight excluding hydrogens is 408 g/mol. The molecule has 2 aromatic heterocycles. The highest BCUT2D eigenvalue weighted by Crippen LogP contribution is 2.29. The minimum absolute atomic E-state index is 0.108. The fourth-order valence-corrected chi connectivity index (χ4v) is 4.14. The number of aromatic nitrogens is 3. The zero-order chi connectivity index (χ0) is 21.0. The highest BCUT2D eigenvalue weighted by atomic mass is 32.2. The number of furan rings is 1. The number of rotatable bonds is 6. The minimum Gasteiger partial charge on any atom is -0.461 e. The van der Waals surface area contributed by atoms with Crippen molar-refractivity contribution >= 4 is 34.1 Å². The maximum Gasteiger partial charge on any atom is 0.234 e. The van der Waals surface area contributed by atoms with Crippen LogP contribution in [0.25, 0.3) is 28.0 Å². The average molecular weight is 427 g/mol. The van der Waals surface area contributed by atoms with Crippen LogP contribution in [-0.2, 0) is 4.79 Å². The molecule has 3 aromatic carbocycles. The number of hydrogen-bond acceptors (Lipinski definition) is 5.